The van der Waals surface area contributed by atoms with Crippen LogP contribution in [0.4, 0.5) is 14.7 Å². The van der Waals surface area contributed by atoms with Crippen molar-refractivity contribution in [3.63, 3.8) is 0 Å². The summed E-state index contributed by atoms with van der Waals surface area (Å²) in [6, 6.07) is 2.60. The Morgan fingerprint density at radius 3 is 2.33 bits per heavy atom. The van der Waals surface area contributed by atoms with Crippen LogP contribution in [0.2, 0.25) is 19.6 Å². The molecule has 0 saturated carbocycles. The van der Waals surface area contributed by atoms with Crippen LogP contribution in [-0.2, 0) is 10.0 Å². The zero-order chi connectivity index (χ0) is 20.4. The molecule has 2 aromatic rings. The highest BCUT2D eigenvalue weighted by atomic mass is 79.9. The normalized spacial score (nSPS) is 12.2. The third kappa shape index (κ3) is 5.94. The number of alkyl halides is 1. The van der Waals surface area contributed by atoms with E-state index in [0.717, 1.165) is 12.1 Å². The lowest BCUT2D eigenvalue weighted by molar-refractivity contribution is 0.440. The van der Waals surface area contributed by atoms with Crippen molar-refractivity contribution in [3.05, 3.63) is 29.8 Å². The molecule has 0 atom stereocenters. The molecule has 27 heavy (non-hydrogen) atoms. The van der Waals surface area contributed by atoms with Gasteiger partial charge in [0.05, 0.1) is 5.75 Å². The summed E-state index contributed by atoms with van der Waals surface area (Å²) < 4.78 is 64.9. The maximum absolute atomic E-state index is 13.5. The summed E-state index contributed by atoms with van der Waals surface area (Å²) in [5.74, 6) is -3.27. The second-order valence-electron chi connectivity index (χ2n) is 6.77. The molecule has 0 amide bonds. The molecule has 2 rings (SSSR count). The first kappa shape index (κ1) is 21.7. The molecule has 0 unspecified atom stereocenters. The molecule has 1 heterocycles. The van der Waals surface area contributed by atoms with Crippen molar-refractivity contribution < 1.29 is 31.1 Å². The predicted molar refractivity (Wildman–Crippen MR) is 106 cm³/mol. The second kappa shape index (κ2) is 8.19. The zero-order valence-corrected chi connectivity index (χ0v) is 18.4. The molecule has 0 fully saturated rings. The Labute approximate surface area is 165 Å². The van der Waals surface area contributed by atoms with Crippen molar-refractivity contribution in [1.29, 1.82) is 0 Å². The number of halogens is 3. The minimum absolute atomic E-state index is 0.0867. The number of nitrogens with one attached hydrogen (secondary N) is 1. The van der Waals surface area contributed by atoms with Gasteiger partial charge in [-0.25, -0.2) is 21.9 Å². The summed E-state index contributed by atoms with van der Waals surface area (Å²) in [6.07, 6.45) is 0.355. The fourth-order valence-electron chi connectivity index (χ4n) is 2.19. The van der Waals surface area contributed by atoms with E-state index in [1.165, 1.54) is 0 Å². The number of aromatic hydroxyl groups is 1. The number of hydrogen-bond donors (Lipinski definition) is 2. The lowest BCUT2D eigenvalue weighted by atomic mass is 10.1. The van der Waals surface area contributed by atoms with Crippen LogP contribution in [0.15, 0.2) is 22.6 Å². The van der Waals surface area contributed by atoms with Gasteiger partial charge in [-0.2, -0.15) is 0 Å². The minimum atomic E-state index is -3.77. The van der Waals surface area contributed by atoms with Crippen molar-refractivity contribution in [2.45, 2.75) is 26.1 Å². The summed E-state index contributed by atoms with van der Waals surface area (Å²) in [4.78, 5) is 0. The van der Waals surface area contributed by atoms with E-state index in [4.69, 9.17) is 8.84 Å². The van der Waals surface area contributed by atoms with Crippen LogP contribution < -0.4 is 9.15 Å². The van der Waals surface area contributed by atoms with Crippen LogP contribution >= 0.6 is 15.9 Å². The Balaban J connectivity index is 2.54. The summed E-state index contributed by atoms with van der Waals surface area (Å²) in [6.45, 7) is 5.47. The third-order valence-electron chi connectivity index (χ3n) is 3.17. The molecule has 1 aromatic carbocycles. The van der Waals surface area contributed by atoms with E-state index in [2.05, 4.69) is 20.7 Å². The molecular weight excluding hydrogens is 464 g/mol. The predicted octanol–water partition coefficient (Wildman–Crippen LogP) is 4.67. The summed E-state index contributed by atoms with van der Waals surface area (Å²) in [5, 5.41) is 11.0. The van der Waals surface area contributed by atoms with Gasteiger partial charge in [-0.1, -0.05) is 15.9 Å². The van der Waals surface area contributed by atoms with Crippen LogP contribution in [0, 0.1) is 11.6 Å². The first-order valence-corrected chi connectivity index (χ1v) is 14.2. The molecule has 0 aliphatic carbocycles. The fraction of sp³-hybridized carbons (Fsp3) is 0.375. The lowest BCUT2D eigenvalue weighted by Crippen LogP contribution is -2.29. The van der Waals surface area contributed by atoms with Gasteiger partial charge in [0.25, 0.3) is 5.88 Å². The molecule has 1 aromatic heterocycles. The standard InChI is InChI=1S/C16H20BrF2NO5SSi/c1-27(2,3)25-15-13(21)14(10-7-11(18)9-12(19)8-10)24-16(15)20-26(22,23)6-4-5-17/h7-9,20-21H,4-6H2,1-3H3. The van der Waals surface area contributed by atoms with Gasteiger partial charge in [0.2, 0.25) is 29.8 Å². The highest BCUT2D eigenvalue weighted by Crippen LogP contribution is 2.47. The van der Waals surface area contributed by atoms with Crippen molar-refractivity contribution >= 4 is 40.2 Å². The largest absolute Gasteiger partial charge is 0.538 e. The maximum atomic E-state index is 13.5. The summed E-state index contributed by atoms with van der Waals surface area (Å²) in [5.41, 5.74) is -0.0867. The molecule has 0 spiro atoms. The second-order valence-corrected chi connectivity index (χ2v) is 13.8. The Bertz CT molecular complexity index is 907. The molecule has 150 valence electrons. The van der Waals surface area contributed by atoms with Gasteiger partial charge in [0.1, 0.15) is 11.6 Å². The fourth-order valence-corrected chi connectivity index (χ4v) is 4.69. The van der Waals surface area contributed by atoms with Crippen LogP contribution in [0.25, 0.3) is 11.3 Å². The monoisotopic (exact) mass is 483 g/mol. The number of rotatable bonds is 8. The molecule has 0 aliphatic heterocycles. The van der Waals surface area contributed by atoms with E-state index in [0.29, 0.717) is 17.8 Å². The Kier molecular flexibility index (Phi) is 6.58. The van der Waals surface area contributed by atoms with Gasteiger partial charge >= 0.3 is 0 Å². The van der Waals surface area contributed by atoms with Gasteiger partial charge in [0.15, 0.2) is 5.76 Å². The van der Waals surface area contributed by atoms with Crippen LogP contribution in [0.5, 0.6) is 11.5 Å². The van der Waals surface area contributed by atoms with Crippen molar-refractivity contribution in [3.8, 4) is 22.8 Å². The molecule has 0 radical (unpaired) electrons. The minimum Gasteiger partial charge on any atom is -0.538 e. The average Bonchev–Trinajstić information content (AvgIpc) is 2.79. The maximum Gasteiger partial charge on any atom is 0.252 e. The Morgan fingerprint density at radius 2 is 1.81 bits per heavy atom. The number of furan rings is 1. The summed E-state index contributed by atoms with van der Waals surface area (Å²) in [7, 11) is -6.06. The van der Waals surface area contributed by atoms with Crippen LogP contribution in [-0.4, -0.2) is 32.9 Å². The van der Waals surface area contributed by atoms with Gasteiger partial charge < -0.3 is 13.9 Å². The van der Waals surface area contributed by atoms with Gasteiger partial charge in [0, 0.05) is 17.0 Å². The Hall–Kier alpha value is -1.59. The zero-order valence-electron chi connectivity index (χ0n) is 15.0. The van der Waals surface area contributed by atoms with Crippen LogP contribution in [0.1, 0.15) is 6.42 Å². The van der Waals surface area contributed by atoms with Crippen molar-refractivity contribution in [2.24, 2.45) is 0 Å². The van der Waals surface area contributed by atoms with E-state index in [1.807, 2.05) is 19.6 Å². The molecule has 0 saturated heterocycles. The summed E-state index contributed by atoms with van der Waals surface area (Å²) >= 11 is 3.16. The topological polar surface area (TPSA) is 88.8 Å². The number of hydrogen-bond acceptors (Lipinski definition) is 5. The molecule has 11 heteroatoms. The first-order valence-electron chi connectivity index (χ1n) is 7.99. The van der Waals surface area contributed by atoms with Gasteiger partial charge in [-0.05, 0) is 38.2 Å². The van der Waals surface area contributed by atoms with E-state index in [-0.39, 0.29) is 28.7 Å². The molecule has 2 N–H and O–H groups in total. The average molecular weight is 484 g/mol. The number of anilines is 1. The molecule has 0 bridgehead atoms. The quantitative estimate of drug-likeness (QED) is 0.420. The van der Waals surface area contributed by atoms with Gasteiger partial charge in [-0.3, -0.25) is 0 Å². The van der Waals surface area contributed by atoms with Crippen molar-refractivity contribution in [2.75, 3.05) is 15.8 Å². The van der Waals surface area contributed by atoms with E-state index in [1.54, 1.807) is 0 Å². The first-order chi connectivity index (χ1) is 12.4. The number of sulfonamides is 1. The van der Waals surface area contributed by atoms with E-state index in [9.17, 15) is 22.3 Å². The van der Waals surface area contributed by atoms with E-state index >= 15 is 0 Å². The SMILES string of the molecule is C[Si](C)(C)Oc1c(NS(=O)(=O)CCCBr)oc(-c2cc(F)cc(F)c2)c1O. The molecule has 6 nitrogen and oxygen atoms in total. The number of benzene rings is 1. The third-order valence-corrected chi connectivity index (χ3v) is 5.87. The molecular formula is C16H20BrF2NO5SSi. The highest BCUT2D eigenvalue weighted by Gasteiger charge is 2.30. The smallest absolute Gasteiger partial charge is 0.252 e. The van der Waals surface area contributed by atoms with Gasteiger partial charge in [-0.15, -0.1) is 0 Å². The molecule has 0 aliphatic rings. The van der Waals surface area contributed by atoms with Crippen molar-refractivity contribution in [1.82, 2.24) is 0 Å². The van der Waals surface area contributed by atoms with Crippen LogP contribution in [0.3, 0.4) is 0 Å². The Morgan fingerprint density at radius 1 is 1.22 bits per heavy atom. The lowest BCUT2D eigenvalue weighted by Gasteiger charge is -2.19. The van der Waals surface area contributed by atoms with E-state index < -0.39 is 35.7 Å². The highest BCUT2D eigenvalue weighted by molar-refractivity contribution is 9.09.